The van der Waals surface area contributed by atoms with Crippen LogP contribution in [0, 0.1) is 62.6 Å². The van der Waals surface area contributed by atoms with E-state index in [1.54, 1.807) is 7.11 Å². The third-order valence-electron chi connectivity index (χ3n) is 14.3. The van der Waals surface area contributed by atoms with Gasteiger partial charge in [0, 0.05) is 20.8 Å². The molecule has 206 valence electrons. The van der Waals surface area contributed by atoms with Crippen molar-refractivity contribution in [3.05, 3.63) is 0 Å². The van der Waals surface area contributed by atoms with Crippen molar-refractivity contribution in [1.82, 2.24) is 0 Å². The van der Waals surface area contributed by atoms with Gasteiger partial charge in [-0.05, 0) is 121 Å². The number of fused-ring (bicyclic) bond motifs is 7. The maximum Gasteiger partial charge on any atom is 0.309 e. The smallest absolute Gasteiger partial charge is 0.309 e. The van der Waals surface area contributed by atoms with Crippen molar-refractivity contribution in [2.75, 3.05) is 20.8 Å². The molecule has 0 saturated heterocycles. The third kappa shape index (κ3) is 3.28. The highest BCUT2D eigenvalue weighted by molar-refractivity contribution is 5.76. The van der Waals surface area contributed by atoms with Crippen LogP contribution in [0.4, 0.5) is 0 Å². The summed E-state index contributed by atoms with van der Waals surface area (Å²) in [5, 5.41) is 10.7. The van der Waals surface area contributed by atoms with Crippen LogP contribution in [0.2, 0.25) is 0 Å². The number of rotatable bonds is 5. The average molecular weight is 503 g/mol. The second-order valence-electron chi connectivity index (χ2n) is 15.4. The van der Waals surface area contributed by atoms with Gasteiger partial charge in [0.15, 0.2) is 0 Å². The zero-order valence-corrected chi connectivity index (χ0v) is 24.5. The molecule has 36 heavy (non-hydrogen) atoms. The van der Waals surface area contributed by atoms with Gasteiger partial charge in [0.2, 0.25) is 0 Å². The molecule has 5 aliphatic carbocycles. The molecule has 1 N–H and O–H groups in total. The van der Waals surface area contributed by atoms with Gasteiger partial charge in [-0.15, -0.1) is 0 Å². The Morgan fingerprint density at radius 3 is 2.22 bits per heavy atom. The lowest BCUT2D eigenvalue weighted by molar-refractivity contribution is -0.251. The highest BCUT2D eigenvalue weighted by Crippen LogP contribution is 2.77. The summed E-state index contributed by atoms with van der Waals surface area (Å²) in [6, 6.07) is 0. The number of methoxy groups -OCH3 is 2. The van der Waals surface area contributed by atoms with Gasteiger partial charge >= 0.3 is 5.97 Å². The molecule has 0 bridgehead atoms. The third-order valence-corrected chi connectivity index (χ3v) is 14.3. The van der Waals surface area contributed by atoms with Gasteiger partial charge in [0.05, 0.1) is 11.5 Å². The van der Waals surface area contributed by atoms with Crippen molar-refractivity contribution >= 4 is 5.97 Å². The Labute approximate surface area is 220 Å². The second kappa shape index (κ2) is 8.70. The fourth-order valence-corrected chi connectivity index (χ4v) is 12.4. The molecular formula is C32H54O4. The molecule has 0 heterocycles. The fourth-order valence-electron chi connectivity index (χ4n) is 12.4. The number of hydrogen-bond donors (Lipinski definition) is 1. The molecule has 5 fully saturated rings. The molecule has 4 heteroatoms. The SMILES string of the molecule is COCC(C)[C@@H]1CCC2(C(=O)O)CC[C@]3(C)C(CCC4[C@@]5(C)CCC(OC)C(C)(C)C5CC[C@]43C)C12. The minimum Gasteiger partial charge on any atom is -0.481 e. The van der Waals surface area contributed by atoms with E-state index in [1.807, 2.05) is 7.11 Å². The van der Waals surface area contributed by atoms with Gasteiger partial charge < -0.3 is 14.6 Å². The van der Waals surface area contributed by atoms with Crippen LogP contribution in [0.25, 0.3) is 0 Å². The van der Waals surface area contributed by atoms with E-state index in [4.69, 9.17) is 9.47 Å². The van der Waals surface area contributed by atoms with Gasteiger partial charge in [0.25, 0.3) is 0 Å². The number of aliphatic carboxylic acids is 1. The molecule has 5 rings (SSSR count). The van der Waals surface area contributed by atoms with E-state index >= 15 is 0 Å². The molecule has 0 aromatic heterocycles. The Bertz CT molecular complexity index is 868. The number of carbonyl (C=O) groups is 1. The minimum atomic E-state index is -0.514. The van der Waals surface area contributed by atoms with Crippen LogP contribution >= 0.6 is 0 Å². The quantitative estimate of drug-likeness (QED) is 0.424. The first-order valence-corrected chi connectivity index (χ1v) is 15.1. The molecule has 7 unspecified atom stereocenters. The summed E-state index contributed by atoms with van der Waals surface area (Å²) in [7, 11) is 3.71. The first-order valence-electron chi connectivity index (χ1n) is 15.1. The molecule has 0 aromatic carbocycles. The van der Waals surface area contributed by atoms with E-state index < -0.39 is 11.4 Å². The van der Waals surface area contributed by atoms with Gasteiger partial charge in [-0.25, -0.2) is 0 Å². The average Bonchev–Trinajstić information content (AvgIpc) is 3.21. The van der Waals surface area contributed by atoms with E-state index in [0.29, 0.717) is 41.1 Å². The van der Waals surface area contributed by atoms with Crippen LogP contribution in [-0.4, -0.2) is 38.0 Å². The van der Waals surface area contributed by atoms with Gasteiger partial charge in [-0.2, -0.15) is 0 Å². The Hall–Kier alpha value is -0.610. The molecular weight excluding hydrogens is 448 g/mol. The molecule has 4 nitrogen and oxygen atoms in total. The topological polar surface area (TPSA) is 55.8 Å². The highest BCUT2D eigenvalue weighted by atomic mass is 16.5. The van der Waals surface area contributed by atoms with Crippen molar-refractivity contribution in [3.8, 4) is 0 Å². The first-order chi connectivity index (χ1) is 16.8. The molecule has 0 spiro atoms. The molecule has 0 amide bonds. The van der Waals surface area contributed by atoms with Crippen LogP contribution in [0.5, 0.6) is 0 Å². The van der Waals surface area contributed by atoms with E-state index in [9.17, 15) is 9.90 Å². The van der Waals surface area contributed by atoms with Gasteiger partial charge in [-0.1, -0.05) is 41.5 Å². The van der Waals surface area contributed by atoms with Crippen LogP contribution in [0.15, 0.2) is 0 Å². The Morgan fingerprint density at radius 1 is 0.861 bits per heavy atom. The Balaban J connectivity index is 1.53. The Morgan fingerprint density at radius 2 is 1.58 bits per heavy atom. The van der Waals surface area contributed by atoms with Crippen LogP contribution in [0.1, 0.15) is 106 Å². The Kier molecular flexibility index (Phi) is 6.52. The second-order valence-corrected chi connectivity index (χ2v) is 15.4. The molecule has 0 radical (unpaired) electrons. The van der Waals surface area contributed by atoms with E-state index in [0.717, 1.165) is 38.2 Å². The molecule has 5 aliphatic rings. The summed E-state index contributed by atoms with van der Waals surface area (Å²) in [5.74, 6) is 2.60. The summed E-state index contributed by atoms with van der Waals surface area (Å²) in [4.78, 5) is 13.0. The normalized spacial score (nSPS) is 52.4. The number of ether oxygens (including phenoxy) is 2. The summed E-state index contributed by atoms with van der Waals surface area (Å²) in [5.41, 5.74) is 0.529. The predicted molar refractivity (Wildman–Crippen MR) is 144 cm³/mol. The van der Waals surface area contributed by atoms with Crippen molar-refractivity contribution in [2.45, 2.75) is 112 Å². The van der Waals surface area contributed by atoms with Gasteiger partial charge in [0.1, 0.15) is 0 Å². The minimum absolute atomic E-state index is 0.206. The van der Waals surface area contributed by atoms with Gasteiger partial charge in [-0.3, -0.25) is 4.79 Å². The standard InChI is InChI=1S/C32H54O4/c1-20(19-35-7)21-11-16-32(27(33)34)18-17-30(5)22(26(21)32)9-10-24-29(4)14-13-25(36-8)28(2,3)23(29)12-15-31(24,30)6/h20-26H,9-19H2,1-8H3,(H,33,34)/t20?,21-,22?,23?,24?,25?,26?,29-,30+,31+,32?/m0/s1. The molecule has 5 saturated carbocycles. The zero-order chi connectivity index (χ0) is 26.3. The summed E-state index contributed by atoms with van der Waals surface area (Å²) < 4.78 is 11.6. The lowest BCUT2D eigenvalue weighted by Crippen LogP contribution is -2.67. The number of hydrogen-bond acceptors (Lipinski definition) is 3. The van der Waals surface area contributed by atoms with E-state index in [1.165, 1.54) is 38.5 Å². The first kappa shape index (κ1) is 27.0. The number of carboxylic acids is 1. The van der Waals surface area contributed by atoms with Crippen molar-refractivity contribution in [3.63, 3.8) is 0 Å². The summed E-state index contributed by atoms with van der Waals surface area (Å²) >= 11 is 0. The molecule has 0 aromatic rings. The predicted octanol–water partition coefficient (Wildman–Crippen LogP) is 7.45. The molecule has 0 aliphatic heterocycles. The van der Waals surface area contributed by atoms with Crippen LogP contribution in [0.3, 0.4) is 0 Å². The zero-order valence-electron chi connectivity index (χ0n) is 24.5. The van der Waals surface area contributed by atoms with E-state index in [2.05, 4.69) is 41.5 Å². The molecule has 11 atom stereocenters. The van der Waals surface area contributed by atoms with E-state index in [-0.39, 0.29) is 16.2 Å². The summed E-state index contributed by atoms with van der Waals surface area (Å²) in [6.45, 7) is 15.9. The summed E-state index contributed by atoms with van der Waals surface area (Å²) in [6.07, 6.45) is 11.7. The maximum absolute atomic E-state index is 13.0. The van der Waals surface area contributed by atoms with Crippen molar-refractivity contribution in [1.29, 1.82) is 0 Å². The lowest BCUT2D eigenvalue weighted by atomic mass is 9.32. The fraction of sp³-hybridized carbons (Fsp3) is 0.969. The maximum atomic E-state index is 13.0. The van der Waals surface area contributed by atoms with Crippen molar-refractivity contribution in [2.24, 2.45) is 62.6 Å². The largest absolute Gasteiger partial charge is 0.481 e. The van der Waals surface area contributed by atoms with Crippen LogP contribution in [-0.2, 0) is 14.3 Å². The van der Waals surface area contributed by atoms with Crippen molar-refractivity contribution < 1.29 is 19.4 Å². The lowest BCUT2D eigenvalue weighted by Gasteiger charge is -2.73. The monoisotopic (exact) mass is 502 g/mol. The highest BCUT2D eigenvalue weighted by Gasteiger charge is 2.72. The van der Waals surface area contributed by atoms with Crippen LogP contribution < -0.4 is 0 Å². The number of carboxylic acid groups (broad SMARTS) is 1.